The predicted octanol–water partition coefficient (Wildman–Crippen LogP) is 3.84. The van der Waals surface area contributed by atoms with Crippen molar-refractivity contribution >= 4 is 35.1 Å². The molecule has 116 valence electrons. The van der Waals surface area contributed by atoms with E-state index in [0.29, 0.717) is 16.6 Å². The van der Waals surface area contributed by atoms with Gasteiger partial charge in [-0.2, -0.15) is 0 Å². The number of nitrogens with zero attached hydrogens (tertiary/aromatic N) is 1. The van der Waals surface area contributed by atoms with Crippen molar-refractivity contribution in [3.8, 4) is 0 Å². The average Bonchev–Trinajstić information content (AvgIpc) is 2.30. The topological polar surface area (TPSA) is 57.6 Å². The Morgan fingerprint density at radius 1 is 1.24 bits per heavy atom. The summed E-state index contributed by atoms with van der Waals surface area (Å²) in [4.78, 5) is 24.5. The maximum atomic E-state index is 12.2. The van der Waals surface area contributed by atoms with Crippen molar-refractivity contribution in [1.29, 1.82) is 0 Å². The number of carbonyl (C=O) groups excluding carboxylic acids is 1. The van der Waals surface area contributed by atoms with E-state index in [0.717, 1.165) is 5.56 Å². The molecule has 0 bridgehead atoms. The fourth-order valence-electron chi connectivity index (χ4n) is 2.01. The summed E-state index contributed by atoms with van der Waals surface area (Å²) in [5, 5.41) is 9.89. The summed E-state index contributed by atoms with van der Waals surface area (Å²) in [5.41, 5.74) is 0.217. The lowest BCUT2D eigenvalue weighted by Gasteiger charge is -2.25. The van der Waals surface area contributed by atoms with Crippen LogP contribution in [0.1, 0.15) is 32.3 Å². The molecule has 1 rings (SSSR count). The third kappa shape index (κ3) is 5.94. The molecular weight excluding hydrogens is 313 g/mol. The molecule has 0 heterocycles. The van der Waals surface area contributed by atoms with Crippen LogP contribution in [0.15, 0.2) is 18.2 Å². The first-order chi connectivity index (χ1) is 9.60. The third-order valence-corrected chi connectivity index (χ3v) is 3.69. The zero-order valence-electron chi connectivity index (χ0n) is 12.3. The SMILES string of the molecule is CN(Cc1ccc(Cl)cc1Cl)C(=O)CC(C)(C)CC(=O)O. The van der Waals surface area contributed by atoms with Gasteiger partial charge in [0.1, 0.15) is 0 Å². The van der Waals surface area contributed by atoms with Gasteiger partial charge in [0.25, 0.3) is 0 Å². The fraction of sp³-hybridized carbons (Fsp3) is 0.467. The smallest absolute Gasteiger partial charge is 0.303 e. The predicted molar refractivity (Wildman–Crippen MR) is 83.6 cm³/mol. The molecule has 1 amide bonds. The zero-order valence-corrected chi connectivity index (χ0v) is 13.8. The van der Waals surface area contributed by atoms with Crippen LogP contribution in [-0.4, -0.2) is 28.9 Å². The van der Waals surface area contributed by atoms with Crippen molar-refractivity contribution in [3.05, 3.63) is 33.8 Å². The normalized spacial score (nSPS) is 11.3. The minimum atomic E-state index is -0.906. The molecule has 0 saturated carbocycles. The van der Waals surface area contributed by atoms with E-state index in [1.165, 1.54) is 0 Å². The first kappa shape index (κ1) is 17.8. The molecular formula is C15H19Cl2NO3. The minimum Gasteiger partial charge on any atom is -0.481 e. The number of rotatable bonds is 6. The van der Waals surface area contributed by atoms with Crippen molar-refractivity contribution in [2.75, 3.05) is 7.05 Å². The van der Waals surface area contributed by atoms with Gasteiger partial charge in [-0.3, -0.25) is 9.59 Å². The van der Waals surface area contributed by atoms with Gasteiger partial charge in [0.2, 0.25) is 5.91 Å². The van der Waals surface area contributed by atoms with E-state index in [9.17, 15) is 9.59 Å². The Kier molecular flexibility index (Phi) is 6.05. The molecule has 0 aromatic heterocycles. The second-order valence-electron chi connectivity index (χ2n) is 5.90. The fourth-order valence-corrected chi connectivity index (χ4v) is 2.48. The highest BCUT2D eigenvalue weighted by atomic mass is 35.5. The molecule has 4 nitrogen and oxygen atoms in total. The van der Waals surface area contributed by atoms with E-state index in [1.54, 1.807) is 44.0 Å². The number of benzene rings is 1. The second-order valence-corrected chi connectivity index (χ2v) is 6.74. The van der Waals surface area contributed by atoms with Gasteiger partial charge in [0, 0.05) is 30.1 Å². The summed E-state index contributed by atoms with van der Waals surface area (Å²) >= 11 is 11.9. The van der Waals surface area contributed by atoms with Gasteiger partial charge in [-0.1, -0.05) is 43.1 Å². The molecule has 0 fully saturated rings. The molecule has 0 spiro atoms. The number of carboxylic acid groups (broad SMARTS) is 1. The number of amides is 1. The van der Waals surface area contributed by atoms with Gasteiger partial charge in [-0.25, -0.2) is 0 Å². The van der Waals surface area contributed by atoms with Crippen LogP contribution < -0.4 is 0 Å². The van der Waals surface area contributed by atoms with Crippen molar-refractivity contribution in [3.63, 3.8) is 0 Å². The van der Waals surface area contributed by atoms with Gasteiger partial charge in [0.05, 0.1) is 6.42 Å². The molecule has 1 aromatic carbocycles. The molecule has 0 aliphatic rings. The number of hydrogen-bond donors (Lipinski definition) is 1. The highest BCUT2D eigenvalue weighted by molar-refractivity contribution is 6.35. The quantitative estimate of drug-likeness (QED) is 0.861. The van der Waals surface area contributed by atoms with Gasteiger partial charge >= 0.3 is 5.97 Å². The van der Waals surface area contributed by atoms with Crippen LogP contribution in [0.2, 0.25) is 10.0 Å². The summed E-state index contributed by atoms with van der Waals surface area (Å²) in [6, 6.07) is 5.12. The molecule has 1 aromatic rings. The van der Waals surface area contributed by atoms with Crippen LogP contribution >= 0.6 is 23.2 Å². The molecule has 0 aliphatic carbocycles. The van der Waals surface area contributed by atoms with E-state index in [2.05, 4.69) is 0 Å². The Labute approximate surface area is 134 Å². The lowest BCUT2D eigenvalue weighted by Crippen LogP contribution is -2.31. The van der Waals surface area contributed by atoms with Crippen LogP contribution in [0.25, 0.3) is 0 Å². The Hall–Kier alpha value is -1.26. The summed E-state index contributed by atoms with van der Waals surface area (Å²) in [6.07, 6.45) is 0.120. The highest BCUT2D eigenvalue weighted by Crippen LogP contribution is 2.27. The van der Waals surface area contributed by atoms with Crippen LogP contribution in [0.5, 0.6) is 0 Å². The second kappa shape index (κ2) is 7.14. The molecule has 1 N–H and O–H groups in total. The number of carboxylic acids is 1. The Balaban J connectivity index is 2.68. The Morgan fingerprint density at radius 3 is 2.38 bits per heavy atom. The first-order valence-corrected chi connectivity index (χ1v) is 7.26. The van der Waals surface area contributed by atoms with Crippen molar-refractivity contribution in [1.82, 2.24) is 4.90 Å². The van der Waals surface area contributed by atoms with Crippen molar-refractivity contribution in [2.24, 2.45) is 5.41 Å². The largest absolute Gasteiger partial charge is 0.481 e. The van der Waals surface area contributed by atoms with Gasteiger partial charge in [-0.05, 0) is 23.1 Å². The molecule has 0 unspecified atom stereocenters. The van der Waals surface area contributed by atoms with E-state index < -0.39 is 11.4 Å². The lowest BCUT2D eigenvalue weighted by molar-refractivity contribution is -0.140. The molecule has 0 saturated heterocycles. The monoisotopic (exact) mass is 331 g/mol. The average molecular weight is 332 g/mol. The molecule has 0 radical (unpaired) electrons. The molecule has 6 heteroatoms. The Bertz CT molecular complexity index is 544. The van der Waals surface area contributed by atoms with Crippen LogP contribution in [0.3, 0.4) is 0 Å². The van der Waals surface area contributed by atoms with E-state index in [-0.39, 0.29) is 18.7 Å². The number of carbonyl (C=O) groups is 2. The van der Waals surface area contributed by atoms with E-state index in [4.69, 9.17) is 28.3 Å². The van der Waals surface area contributed by atoms with Crippen molar-refractivity contribution < 1.29 is 14.7 Å². The van der Waals surface area contributed by atoms with Crippen LogP contribution in [0.4, 0.5) is 0 Å². The summed E-state index contributed by atoms with van der Waals surface area (Å²) in [5.74, 6) is -1.02. The maximum absolute atomic E-state index is 12.2. The maximum Gasteiger partial charge on any atom is 0.303 e. The number of hydrogen-bond acceptors (Lipinski definition) is 2. The number of halogens is 2. The van der Waals surface area contributed by atoms with Crippen LogP contribution in [0, 0.1) is 5.41 Å². The summed E-state index contributed by atoms with van der Waals surface area (Å²) in [7, 11) is 1.67. The minimum absolute atomic E-state index is 0.0473. The van der Waals surface area contributed by atoms with E-state index >= 15 is 0 Å². The lowest BCUT2D eigenvalue weighted by atomic mass is 9.85. The van der Waals surface area contributed by atoms with Crippen LogP contribution in [-0.2, 0) is 16.1 Å². The number of aliphatic carboxylic acids is 1. The molecule has 21 heavy (non-hydrogen) atoms. The molecule has 0 atom stereocenters. The van der Waals surface area contributed by atoms with E-state index in [1.807, 2.05) is 0 Å². The Morgan fingerprint density at radius 2 is 1.86 bits per heavy atom. The summed E-state index contributed by atoms with van der Waals surface area (Å²) < 4.78 is 0. The van der Waals surface area contributed by atoms with Gasteiger partial charge < -0.3 is 10.0 Å². The van der Waals surface area contributed by atoms with Gasteiger partial charge in [-0.15, -0.1) is 0 Å². The zero-order chi connectivity index (χ0) is 16.2. The molecule has 0 aliphatic heterocycles. The highest BCUT2D eigenvalue weighted by Gasteiger charge is 2.26. The van der Waals surface area contributed by atoms with Crippen molar-refractivity contribution in [2.45, 2.75) is 33.2 Å². The van der Waals surface area contributed by atoms with Gasteiger partial charge in [0.15, 0.2) is 0 Å². The third-order valence-electron chi connectivity index (χ3n) is 3.11. The summed E-state index contributed by atoms with van der Waals surface area (Å²) in [6.45, 7) is 3.89. The standard InChI is InChI=1S/C15H19Cl2NO3/c1-15(2,8-14(20)21)7-13(19)18(3)9-10-4-5-11(16)6-12(10)17/h4-6H,7-9H2,1-3H3,(H,20,21). The first-order valence-electron chi connectivity index (χ1n) is 6.50.